The molecule has 2 aromatic rings. The Bertz CT molecular complexity index is 582. The van der Waals surface area contributed by atoms with Crippen LogP contribution >= 0.6 is 0 Å². The van der Waals surface area contributed by atoms with Gasteiger partial charge in [0.1, 0.15) is 5.75 Å². The number of carbonyl (C=O) groups is 1. The lowest BCUT2D eigenvalue weighted by Gasteiger charge is -2.11. The van der Waals surface area contributed by atoms with Crippen LogP contribution < -0.4 is 9.64 Å². The van der Waals surface area contributed by atoms with Crippen LogP contribution in [0.15, 0.2) is 36.5 Å². The van der Waals surface area contributed by atoms with E-state index in [9.17, 15) is 4.79 Å². The molecule has 0 aliphatic heterocycles. The largest absolute Gasteiger partial charge is 0.478 e. The molecule has 0 aliphatic rings. The van der Waals surface area contributed by atoms with Crippen LogP contribution in [0, 0.1) is 0 Å². The normalized spacial score (nSPS) is 10.0. The number of benzene rings is 1. The van der Waals surface area contributed by atoms with E-state index in [-0.39, 0.29) is 5.56 Å². The van der Waals surface area contributed by atoms with Gasteiger partial charge in [-0.2, -0.15) is 4.98 Å². The maximum atomic E-state index is 10.7. The van der Waals surface area contributed by atoms with E-state index >= 15 is 0 Å². The van der Waals surface area contributed by atoms with Crippen molar-refractivity contribution in [1.82, 2.24) is 9.97 Å². The van der Waals surface area contributed by atoms with Gasteiger partial charge in [0.25, 0.3) is 0 Å². The lowest BCUT2D eigenvalue weighted by molar-refractivity contribution is 0.0697. The molecule has 0 spiro atoms. The highest BCUT2D eigenvalue weighted by Gasteiger charge is 2.05. The number of nitrogens with zero attached hydrogens (tertiary/aromatic N) is 3. The average Bonchev–Trinajstić information content (AvgIpc) is 2.39. The quantitative estimate of drug-likeness (QED) is 0.905. The minimum absolute atomic E-state index is 0.212. The topological polar surface area (TPSA) is 75.6 Å². The third kappa shape index (κ3) is 3.19. The molecular formula is C13H13N3O3. The first-order chi connectivity index (χ1) is 9.06. The van der Waals surface area contributed by atoms with E-state index in [4.69, 9.17) is 9.84 Å². The van der Waals surface area contributed by atoms with Gasteiger partial charge in [-0.15, -0.1) is 0 Å². The molecule has 6 nitrogen and oxygen atoms in total. The summed E-state index contributed by atoms with van der Waals surface area (Å²) in [5.41, 5.74) is 0.212. The number of rotatable bonds is 4. The van der Waals surface area contributed by atoms with Crippen molar-refractivity contribution in [1.29, 1.82) is 0 Å². The molecule has 1 aromatic heterocycles. The van der Waals surface area contributed by atoms with Crippen molar-refractivity contribution in [2.24, 2.45) is 0 Å². The van der Waals surface area contributed by atoms with Gasteiger partial charge in [0, 0.05) is 26.4 Å². The molecule has 0 saturated carbocycles. The highest BCUT2D eigenvalue weighted by atomic mass is 16.5. The zero-order valence-electron chi connectivity index (χ0n) is 10.6. The molecule has 0 radical (unpaired) electrons. The SMILES string of the molecule is CN(C)c1nccc(Oc2ccc(C(=O)O)cc2)n1. The first-order valence-corrected chi connectivity index (χ1v) is 5.58. The summed E-state index contributed by atoms with van der Waals surface area (Å²) in [4.78, 5) is 20.8. The van der Waals surface area contributed by atoms with Crippen molar-refractivity contribution in [3.8, 4) is 11.6 Å². The van der Waals surface area contributed by atoms with Gasteiger partial charge in [-0.05, 0) is 24.3 Å². The van der Waals surface area contributed by atoms with Crippen molar-refractivity contribution in [2.75, 3.05) is 19.0 Å². The highest BCUT2D eigenvalue weighted by molar-refractivity contribution is 5.87. The summed E-state index contributed by atoms with van der Waals surface area (Å²) in [5.74, 6) is 0.498. The van der Waals surface area contributed by atoms with Gasteiger partial charge in [-0.25, -0.2) is 9.78 Å². The number of aromatic carboxylic acids is 1. The molecule has 0 bridgehead atoms. The number of anilines is 1. The lowest BCUT2D eigenvalue weighted by Crippen LogP contribution is -2.12. The van der Waals surface area contributed by atoms with Gasteiger partial charge in [0.05, 0.1) is 5.56 Å². The van der Waals surface area contributed by atoms with E-state index in [1.54, 1.807) is 29.3 Å². The van der Waals surface area contributed by atoms with Gasteiger partial charge in [-0.3, -0.25) is 0 Å². The molecule has 0 unspecified atom stereocenters. The van der Waals surface area contributed by atoms with Crippen LogP contribution in [0.4, 0.5) is 5.95 Å². The Morgan fingerprint density at radius 3 is 2.47 bits per heavy atom. The van der Waals surface area contributed by atoms with E-state index in [2.05, 4.69) is 9.97 Å². The molecule has 0 saturated heterocycles. The summed E-state index contributed by atoms with van der Waals surface area (Å²) in [7, 11) is 3.67. The molecule has 1 heterocycles. The summed E-state index contributed by atoms with van der Waals surface area (Å²) >= 11 is 0. The minimum Gasteiger partial charge on any atom is -0.478 e. The Morgan fingerprint density at radius 1 is 1.21 bits per heavy atom. The van der Waals surface area contributed by atoms with E-state index in [1.165, 1.54) is 12.1 Å². The average molecular weight is 259 g/mol. The molecule has 1 N–H and O–H groups in total. The maximum Gasteiger partial charge on any atom is 0.335 e. The zero-order chi connectivity index (χ0) is 13.8. The number of aromatic nitrogens is 2. The van der Waals surface area contributed by atoms with Crippen LogP contribution in [0.3, 0.4) is 0 Å². The van der Waals surface area contributed by atoms with Crippen molar-refractivity contribution >= 4 is 11.9 Å². The van der Waals surface area contributed by atoms with Crippen LogP contribution in [0.1, 0.15) is 10.4 Å². The predicted octanol–water partition coefficient (Wildman–Crippen LogP) is 2.03. The summed E-state index contributed by atoms with van der Waals surface area (Å²) in [6, 6.07) is 7.76. The maximum absolute atomic E-state index is 10.7. The third-order valence-corrected chi connectivity index (χ3v) is 2.34. The summed E-state index contributed by atoms with van der Waals surface area (Å²) in [6.45, 7) is 0. The van der Waals surface area contributed by atoms with Gasteiger partial charge in [0.15, 0.2) is 0 Å². The van der Waals surface area contributed by atoms with Crippen LogP contribution in [-0.2, 0) is 0 Å². The molecular weight excluding hydrogens is 246 g/mol. The van der Waals surface area contributed by atoms with E-state index < -0.39 is 5.97 Å². The molecule has 0 amide bonds. The zero-order valence-corrected chi connectivity index (χ0v) is 10.6. The van der Waals surface area contributed by atoms with Gasteiger partial charge < -0.3 is 14.7 Å². The van der Waals surface area contributed by atoms with Crippen molar-refractivity contribution < 1.29 is 14.6 Å². The van der Waals surface area contributed by atoms with Gasteiger partial charge in [0.2, 0.25) is 11.8 Å². The second-order valence-electron chi connectivity index (χ2n) is 4.02. The first kappa shape index (κ1) is 12.8. The smallest absolute Gasteiger partial charge is 0.335 e. The molecule has 2 rings (SSSR count). The van der Waals surface area contributed by atoms with E-state index in [1.807, 2.05) is 14.1 Å². The third-order valence-electron chi connectivity index (χ3n) is 2.34. The number of hydrogen-bond donors (Lipinski definition) is 1. The standard InChI is InChI=1S/C13H13N3O3/c1-16(2)13-14-8-7-11(15-13)19-10-5-3-9(4-6-10)12(17)18/h3-8H,1-2H3,(H,17,18). The van der Waals surface area contributed by atoms with Gasteiger partial charge in [-0.1, -0.05) is 0 Å². The Hall–Kier alpha value is -2.63. The first-order valence-electron chi connectivity index (χ1n) is 5.58. The van der Waals surface area contributed by atoms with Crippen molar-refractivity contribution in [2.45, 2.75) is 0 Å². The fourth-order valence-electron chi connectivity index (χ4n) is 1.39. The monoisotopic (exact) mass is 259 g/mol. The fourth-order valence-corrected chi connectivity index (χ4v) is 1.39. The van der Waals surface area contributed by atoms with Crippen molar-refractivity contribution in [3.05, 3.63) is 42.1 Å². The lowest BCUT2D eigenvalue weighted by atomic mass is 10.2. The predicted molar refractivity (Wildman–Crippen MR) is 69.8 cm³/mol. The number of ether oxygens (including phenoxy) is 1. The summed E-state index contributed by atoms with van der Waals surface area (Å²) < 4.78 is 5.53. The number of carboxylic acid groups (broad SMARTS) is 1. The molecule has 0 fully saturated rings. The summed E-state index contributed by atoms with van der Waals surface area (Å²) in [6.07, 6.45) is 1.60. The second kappa shape index (κ2) is 5.34. The Morgan fingerprint density at radius 2 is 1.89 bits per heavy atom. The molecule has 0 atom stereocenters. The van der Waals surface area contributed by atoms with E-state index in [0.717, 1.165) is 0 Å². The van der Waals surface area contributed by atoms with E-state index in [0.29, 0.717) is 17.6 Å². The summed E-state index contributed by atoms with van der Waals surface area (Å²) in [5, 5.41) is 8.80. The van der Waals surface area contributed by atoms with Gasteiger partial charge >= 0.3 is 5.97 Å². The molecule has 19 heavy (non-hydrogen) atoms. The Kier molecular flexibility index (Phi) is 3.61. The molecule has 98 valence electrons. The molecule has 0 aliphatic carbocycles. The number of hydrogen-bond acceptors (Lipinski definition) is 5. The number of carboxylic acids is 1. The second-order valence-corrected chi connectivity index (χ2v) is 4.02. The van der Waals surface area contributed by atoms with Crippen LogP contribution in [0.25, 0.3) is 0 Å². The minimum atomic E-state index is -0.969. The van der Waals surface area contributed by atoms with Crippen molar-refractivity contribution in [3.63, 3.8) is 0 Å². The Balaban J connectivity index is 2.16. The molecule has 6 heteroatoms. The van der Waals surface area contributed by atoms with Crippen LogP contribution in [-0.4, -0.2) is 35.1 Å². The highest BCUT2D eigenvalue weighted by Crippen LogP contribution is 2.20. The molecule has 1 aromatic carbocycles. The Labute approximate surface area is 110 Å². The van der Waals surface area contributed by atoms with Crippen LogP contribution in [0.5, 0.6) is 11.6 Å². The van der Waals surface area contributed by atoms with Crippen LogP contribution in [0.2, 0.25) is 0 Å². The fraction of sp³-hybridized carbons (Fsp3) is 0.154.